The number of benzene rings is 2. The van der Waals surface area contributed by atoms with Gasteiger partial charge in [-0.1, -0.05) is 63.8 Å². The normalized spacial score (nSPS) is 11.5. The molecule has 0 bridgehead atoms. The third kappa shape index (κ3) is 6.37. The van der Waals surface area contributed by atoms with E-state index in [1.807, 2.05) is 6.07 Å². The van der Waals surface area contributed by atoms with Crippen molar-refractivity contribution in [2.75, 3.05) is 0 Å². The number of rotatable bonds is 9. The molecule has 0 aromatic heterocycles. The fourth-order valence-corrected chi connectivity index (χ4v) is 3.95. The molecule has 0 radical (unpaired) electrons. The maximum absolute atomic E-state index is 11.6. The molecule has 0 unspecified atom stereocenters. The van der Waals surface area contributed by atoms with Crippen molar-refractivity contribution in [1.29, 1.82) is 0 Å². The predicted octanol–water partition coefficient (Wildman–Crippen LogP) is 2.21. The Morgan fingerprint density at radius 1 is 0.880 bits per heavy atom. The average molecular weight is 370 g/mol. The molecule has 2 rings (SSSR count). The van der Waals surface area contributed by atoms with Crippen molar-refractivity contribution in [1.82, 2.24) is 0 Å². The van der Waals surface area contributed by atoms with Crippen LogP contribution in [0.3, 0.4) is 0 Å². The molecule has 2 aromatic carbocycles. The molecule has 0 amide bonds. The van der Waals surface area contributed by atoms with Crippen LogP contribution in [0.2, 0.25) is 0 Å². The van der Waals surface area contributed by atoms with Gasteiger partial charge in [0.05, 0.1) is 4.90 Å². The second-order valence-corrected chi connectivity index (χ2v) is 7.81. The Morgan fingerprint density at radius 3 is 2.12 bits per heavy atom. The molecule has 0 saturated carbocycles. The van der Waals surface area contributed by atoms with Crippen LogP contribution in [0.15, 0.2) is 35.2 Å². The summed E-state index contributed by atoms with van der Waals surface area (Å²) in [5, 5.41) is 1.94. The summed E-state index contributed by atoms with van der Waals surface area (Å²) in [6, 6.07) is 9.46. The van der Waals surface area contributed by atoms with Gasteiger partial charge in [0.25, 0.3) is 0 Å². The first-order chi connectivity index (χ1) is 11.5. The molecule has 0 saturated heterocycles. The SMILES string of the molecule is CCCCCc1ccc2c(CCCCC)c(S(=O)(=O)[O-])ccc2c1.[Na+]. The summed E-state index contributed by atoms with van der Waals surface area (Å²) < 4.78 is 34.8. The van der Waals surface area contributed by atoms with E-state index in [9.17, 15) is 13.0 Å². The van der Waals surface area contributed by atoms with Crippen LogP contribution in [0.4, 0.5) is 0 Å². The molecule has 0 aliphatic rings. The van der Waals surface area contributed by atoms with Crippen molar-refractivity contribution in [3.05, 3.63) is 41.5 Å². The first-order valence-corrected chi connectivity index (χ1v) is 10.4. The molecule has 0 aliphatic heterocycles. The Morgan fingerprint density at radius 2 is 1.52 bits per heavy atom. The zero-order chi connectivity index (χ0) is 17.6. The molecule has 132 valence electrons. The van der Waals surface area contributed by atoms with Gasteiger partial charge in [-0.15, -0.1) is 0 Å². The van der Waals surface area contributed by atoms with Gasteiger partial charge >= 0.3 is 29.6 Å². The maximum Gasteiger partial charge on any atom is 1.00 e. The van der Waals surface area contributed by atoms with Crippen LogP contribution < -0.4 is 29.6 Å². The minimum Gasteiger partial charge on any atom is -0.744 e. The average Bonchev–Trinajstić information content (AvgIpc) is 2.54. The van der Waals surface area contributed by atoms with Crippen molar-refractivity contribution < 1.29 is 42.5 Å². The van der Waals surface area contributed by atoms with Crippen molar-refractivity contribution in [2.45, 2.75) is 70.1 Å². The maximum atomic E-state index is 11.6. The topological polar surface area (TPSA) is 57.2 Å². The van der Waals surface area contributed by atoms with Crippen molar-refractivity contribution in [2.24, 2.45) is 0 Å². The van der Waals surface area contributed by atoms with E-state index in [0.717, 1.165) is 36.5 Å². The number of hydrogen-bond acceptors (Lipinski definition) is 3. The van der Waals surface area contributed by atoms with Gasteiger partial charge in [-0.2, -0.15) is 0 Å². The van der Waals surface area contributed by atoms with Gasteiger partial charge in [0.2, 0.25) is 0 Å². The predicted molar refractivity (Wildman–Crippen MR) is 98.4 cm³/mol. The summed E-state index contributed by atoms with van der Waals surface area (Å²) in [4.78, 5) is -0.0511. The minimum atomic E-state index is -4.44. The summed E-state index contributed by atoms with van der Waals surface area (Å²) in [5.74, 6) is 0. The minimum absolute atomic E-state index is 0. The summed E-state index contributed by atoms with van der Waals surface area (Å²) in [6.07, 6.45) is 8.24. The van der Waals surface area contributed by atoms with Crippen LogP contribution >= 0.6 is 0 Å². The summed E-state index contributed by atoms with van der Waals surface area (Å²) in [6.45, 7) is 4.30. The fourth-order valence-electron chi connectivity index (χ4n) is 3.20. The fraction of sp³-hybridized carbons (Fsp3) is 0.500. The van der Waals surface area contributed by atoms with E-state index in [2.05, 4.69) is 26.0 Å². The van der Waals surface area contributed by atoms with Gasteiger partial charge in [-0.3, -0.25) is 0 Å². The Bertz CT molecular complexity index is 785. The standard InChI is InChI=1S/C20H28O3S.Na/c1-3-5-7-9-16-11-13-18-17(15-16)12-14-20(24(21,22)23)19(18)10-8-6-4-2;/h11-15H,3-10H2,1-2H3,(H,21,22,23);/q;+1/p-1. The van der Waals surface area contributed by atoms with E-state index in [1.54, 1.807) is 6.07 Å². The van der Waals surface area contributed by atoms with Crippen LogP contribution in [-0.4, -0.2) is 13.0 Å². The summed E-state index contributed by atoms with van der Waals surface area (Å²) in [7, 11) is -4.44. The van der Waals surface area contributed by atoms with Gasteiger partial charge in [0, 0.05) is 0 Å². The molecule has 0 spiro atoms. The molecule has 2 aromatic rings. The Kier molecular flexibility index (Phi) is 9.68. The molecule has 0 aliphatic carbocycles. The van der Waals surface area contributed by atoms with Crippen molar-refractivity contribution >= 4 is 20.9 Å². The van der Waals surface area contributed by atoms with Crippen LogP contribution in [0.25, 0.3) is 10.8 Å². The second kappa shape index (κ2) is 10.7. The van der Waals surface area contributed by atoms with Crippen molar-refractivity contribution in [3.8, 4) is 0 Å². The third-order valence-electron chi connectivity index (χ3n) is 4.52. The smallest absolute Gasteiger partial charge is 0.744 e. The van der Waals surface area contributed by atoms with Crippen LogP contribution in [0.1, 0.15) is 63.5 Å². The number of fused-ring (bicyclic) bond motifs is 1. The van der Waals surface area contributed by atoms with Crippen molar-refractivity contribution in [3.63, 3.8) is 0 Å². The summed E-state index contributed by atoms with van der Waals surface area (Å²) >= 11 is 0. The molecule has 0 N–H and O–H groups in total. The zero-order valence-corrected chi connectivity index (χ0v) is 18.5. The molecule has 3 nitrogen and oxygen atoms in total. The van der Waals surface area contributed by atoms with Crippen LogP contribution in [0.5, 0.6) is 0 Å². The molecular weight excluding hydrogens is 343 g/mol. The number of unbranched alkanes of at least 4 members (excludes halogenated alkanes) is 4. The van der Waals surface area contributed by atoms with Crippen LogP contribution in [-0.2, 0) is 23.0 Å². The number of hydrogen-bond donors (Lipinski definition) is 0. The third-order valence-corrected chi connectivity index (χ3v) is 5.44. The molecular formula is C20H27NaO3S. The van der Waals surface area contributed by atoms with E-state index in [4.69, 9.17) is 0 Å². The zero-order valence-electron chi connectivity index (χ0n) is 15.7. The van der Waals surface area contributed by atoms with E-state index < -0.39 is 10.1 Å². The molecule has 25 heavy (non-hydrogen) atoms. The Balaban J connectivity index is 0.00000312. The molecule has 0 atom stereocenters. The van der Waals surface area contributed by atoms with E-state index in [-0.39, 0.29) is 34.5 Å². The molecule has 0 fully saturated rings. The van der Waals surface area contributed by atoms with E-state index >= 15 is 0 Å². The van der Waals surface area contributed by atoms with Gasteiger partial charge in [0.1, 0.15) is 10.1 Å². The quantitative estimate of drug-likeness (QED) is 0.386. The second-order valence-electron chi connectivity index (χ2n) is 6.47. The van der Waals surface area contributed by atoms with Crippen LogP contribution in [0, 0.1) is 0 Å². The van der Waals surface area contributed by atoms with Gasteiger partial charge in [-0.05, 0) is 53.6 Å². The summed E-state index contributed by atoms with van der Waals surface area (Å²) in [5.41, 5.74) is 1.96. The first kappa shape index (κ1) is 22.7. The van der Waals surface area contributed by atoms with E-state index in [0.29, 0.717) is 12.0 Å². The molecule has 5 heteroatoms. The Hall–Kier alpha value is -0.390. The molecule has 0 heterocycles. The van der Waals surface area contributed by atoms with Gasteiger partial charge < -0.3 is 4.55 Å². The van der Waals surface area contributed by atoms with Gasteiger partial charge in [-0.25, -0.2) is 8.42 Å². The van der Waals surface area contributed by atoms with E-state index in [1.165, 1.54) is 30.9 Å². The first-order valence-electron chi connectivity index (χ1n) is 8.97. The van der Waals surface area contributed by atoms with Gasteiger partial charge in [0.15, 0.2) is 0 Å². The largest absolute Gasteiger partial charge is 1.00 e. The monoisotopic (exact) mass is 370 g/mol. The number of aryl methyl sites for hydroxylation is 2. The Labute approximate surface area is 174 Å².